The van der Waals surface area contributed by atoms with E-state index in [0.29, 0.717) is 18.5 Å². The van der Waals surface area contributed by atoms with Crippen LogP contribution < -0.4 is 0 Å². The molecule has 1 heterocycles. The molecule has 1 amide bonds. The number of hydrogen-bond acceptors (Lipinski definition) is 4. The Morgan fingerprint density at radius 1 is 1.19 bits per heavy atom. The summed E-state index contributed by atoms with van der Waals surface area (Å²) < 4.78 is 22.9. The van der Waals surface area contributed by atoms with Gasteiger partial charge in [0.2, 0.25) is 5.91 Å². The number of nitrogens with zero attached hydrogens (tertiary/aromatic N) is 1. The first-order valence-corrected chi connectivity index (χ1v) is 8.88. The van der Waals surface area contributed by atoms with Gasteiger partial charge in [0.15, 0.2) is 15.6 Å². The number of ketones is 1. The first-order chi connectivity index (χ1) is 9.88. The van der Waals surface area contributed by atoms with Crippen LogP contribution in [0.25, 0.3) is 0 Å². The van der Waals surface area contributed by atoms with Gasteiger partial charge in [0.1, 0.15) is 0 Å². The Morgan fingerprint density at radius 2 is 1.86 bits per heavy atom. The van der Waals surface area contributed by atoms with E-state index in [1.165, 1.54) is 6.26 Å². The van der Waals surface area contributed by atoms with Crippen molar-refractivity contribution < 1.29 is 18.0 Å². The molecule has 0 spiro atoms. The molecular formula is C15H19NO4S. The molecule has 1 aromatic carbocycles. The largest absolute Gasteiger partial charge is 0.341 e. The molecular weight excluding hydrogens is 290 g/mol. The smallest absolute Gasteiger partial charge is 0.223 e. The summed E-state index contributed by atoms with van der Waals surface area (Å²) in [5.74, 6) is -0.215. The van der Waals surface area contributed by atoms with Gasteiger partial charge in [0.05, 0.1) is 5.25 Å². The maximum Gasteiger partial charge on any atom is 0.223 e. The van der Waals surface area contributed by atoms with Crippen molar-refractivity contribution in [3.05, 3.63) is 35.9 Å². The lowest BCUT2D eigenvalue weighted by Gasteiger charge is -2.15. The van der Waals surface area contributed by atoms with Crippen LogP contribution in [0.1, 0.15) is 29.6 Å². The van der Waals surface area contributed by atoms with Crippen LogP contribution in [-0.4, -0.2) is 49.6 Å². The number of hydrogen-bond donors (Lipinski definition) is 0. The normalized spacial score (nSPS) is 18.7. The molecule has 1 aliphatic heterocycles. The van der Waals surface area contributed by atoms with E-state index in [9.17, 15) is 18.0 Å². The predicted molar refractivity (Wildman–Crippen MR) is 79.8 cm³/mol. The molecule has 0 N–H and O–H groups in total. The molecule has 0 aliphatic carbocycles. The van der Waals surface area contributed by atoms with Gasteiger partial charge in [-0.15, -0.1) is 0 Å². The zero-order valence-corrected chi connectivity index (χ0v) is 12.8. The molecule has 1 aliphatic rings. The van der Waals surface area contributed by atoms with E-state index in [4.69, 9.17) is 0 Å². The van der Waals surface area contributed by atoms with Crippen molar-refractivity contribution in [3.63, 3.8) is 0 Å². The molecule has 21 heavy (non-hydrogen) atoms. The summed E-state index contributed by atoms with van der Waals surface area (Å²) in [6, 6.07) is 8.85. The highest BCUT2D eigenvalue weighted by molar-refractivity contribution is 7.91. The maximum atomic E-state index is 12.0. The topological polar surface area (TPSA) is 71.5 Å². The second-order valence-electron chi connectivity index (χ2n) is 5.37. The number of Topliss-reactive ketones (excluding diaryl/α,β-unsaturated/α-hetero) is 1. The van der Waals surface area contributed by atoms with Crippen molar-refractivity contribution in [3.8, 4) is 0 Å². The highest BCUT2D eigenvalue weighted by atomic mass is 32.2. The van der Waals surface area contributed by atoms with Crippen molar-refractivity contribution >= 4 is 21.5 Å². The van der Waals surface area contributed by atoms with Crippen LogP contribution in [0.5, 0.6) is 0 Å². The highest BCUT2D eigenvalue weighted by Crippen LogP contribution is 2.17. The minimum atomic E-state index is -3.10. The Hall–Kier alpha value is -1.69. The van der Waals surface area contributed by atoms with Gasteiger partial charge < -0.3 is 4.90 Å². The van der Waals surface area contributed by atoms with Gasteiger partial charge in [-0.25, -0.2) is 8.42 Å². The Kier molecular flexibility index (Phi) is 4.77. The van der Waals surface area contributed by atoms with Crippen molar-refractivity contribution in [2.75, 3.05) is 19.3 Å². The lowest BCUT2D eigenvalue weighted by atomic mass is 10.1. The van der Waals surface area contributed by atoms with Crippen molar-refractivity contribution in [2.45, 2.75) is 24.5 Å². The van der Waals surface area contributed by atoms with Crippen LogP contribution in [0.4, 0.5) is 0 Å². The number of likely N-dealkylation sites (tertiary alicyclic amines) is 1. The van der Waals surface area contributed by atoms with Crippen LogP contribution in [0.15, 0.2) is 30.3 Å². The molecule has 6 heteroatoms. The zero-order valence-electron chi connectivity index (χ0n) is 12.0. The average molecular weight is 309 g/mol. The number of carbonyl (C=O) groups is 2. The molecule has 1 unspecified atom stereocenters. The van der Waals surface area contributed by atoms with Crippen molar-refractivity contribution in [2.24, 2.45) is 0 Å². The molecule has 114 valence electrons. The minimum Gasteiger partial charge on any atom is -0.341 e. The summed E-state index contributed by atoms with van der Waals surface area (Å²) in [6.07, 6.45) is 1.97. The predicted octanol–water partition coefficient (Wildman–Crippen LogP) is 1.29. The monoisotopic (exact) mass is 309 g/mol. The third-order valence-corrected chi connectivity index (χ3v) is 5.36. The number of sulfone groups is 1. The van der Waals surface area contributed by atoms with Crippen molar-refractivity contribution in [1.82, 2.24) is 4.90 Å². The molecule has 1 fully saturated rings. The third kappa shape index (κ3) is 4.14. The summed E-state index contributed by atoms with van der Waals surface area (Å²) >= 11 is 0. The fraction of sp³-hybridized carbons (Fsp3) is 0.467. The SMILES string of the molecule is CS(=O)(=O)C1CCN(C(=O)CCC(=O)c2ccccc2)C1. The summed E-state index contributed by atoms with van der Waals surface area (Å²) in [6.45, 7) is 0.702. The fourth-order valence-corrected chi connectivity index (χ4v) is 3.44. The Bertz CT molecular complexity index is 624. The van der Waals surface area contributed by atoms with Gasteiger partial charge in [0, 0.05) is 37.8 Å². The second kappa shape index (κ2) is 6.39. The molecule has 1 atom stereocenters. The lowest BCUT2D eigenvalue weighted by molar-refractivity contribution is -0.130. The summed E-state index contributed by atoms with van der Waals surface area (Å²) in [5, 5.41) is -0.466. The van der Waals surface area contributed by atoms with E-state index in [1.54, 1.807) is 29.2 Å². The summed E-state index contributed by atoms with van der Waals surface area (Å²) in [5.41, 5.74) is 0.598. The highest BCUT2D eigenvalue weighted by Gasteiger charge is 2.32. The number of benzene rings is 1. The number of carbonyl (C=O) groups excluding carboxylic acids is 2. The van der Waals surface area contributed by atoms with Crippen LogP contribution in [0.2, 0.25) is 0 Å². The van der Waals surface area contributed by atoms with E-state index in [-0.39, 0.29) is 31.1 Å². The van der Waals surface area contributed by atoms with Gasteiger partial charge in [-0.2, -0.15) is 0 Å². The Labute approximate surface area is 124 Å². The van der Waals surface area contributed by atoms with Crippen molar-refractivity contribution in [1.29, 1.82) is 0 Å². The second-order valence-corrected chi connectivity index (χ2v) is 7.69. The molecule has 0 aromatic heterocycles. The number of rotatable bonds is 5. The molecule has 0 bridgehead atoms. The van der Waals surface area contributed by atoms with E-state index in [2.05, 4.69) is 0 Å². The average Bonchev–Trinajstić information content (AvgIpc) is 2.95. The minimum absolute atomic E-state index is 0.0668. The number of amides is 1. The summed E-state index contributed by atoms with van der Waals surface area (Å²) in [4.78, 5) is 25.5. The van der Waals surface area contributed by atoms with Gasteiger partial charge in [-0.05, 0) is 6.42 Å². The van der Waals surface area contributed by atoms with Crippen LogP contribution in [0, 0.1) is 0 Å². The maximum absolute atomic E-state index is 12.0. The van der Waals surface area contributed by atoms with Gasteiger partial charge in [-0.1, -0.05) is 30.3 Å². The van der Waals surface area contributed by atoms with Crippen LogP contribution >= 0.6 is 0 Å². The first-order valence-electron chi connectivity index (χ1n) is 6.93. The first kappa shape index (κ1) is 15.7. The Morgan fingerprint density at radius 3 is 2.43 bits per heavy atom. The standard InChI is InChI=1S/C15H19NO4S/c1-21(19,20)13-9-10-16(11-13)15(18)8-7-14(17)12-5-3-2-4-6-12/h2-6,13H,7-11H2,1H3. The molecule has 1 saturated heterocycles. The third-order valence-electron chi connectivity index (χ3n) is 3.76. The van der Waals surface area contributed by atoms with Crippen LogP contribution in [0.3, 0.4) is 0 Å². The molecule has 1 aromatic rings. The van der Waals surface area contributed by atoms with E-state index < -0.39 is 15.1 Å². The molecule has 0 saturated carbocycles. The quantitative estimate of drug-likeness (QED) is 0.769. The summed E-state index contributed by atoms with van der Waals surface area (Å²) in [7, 11) is -3.10. The van der Waals surface area contributed by atoms with Gasteiger partial charge in [-0.3, -0.25) is 9.59 Å². The lowest BCUT2D eigenvalue weighted by Crippen LogP contribution is -2.31. The fourth-order valence-electron chi connectivity index (χ4n) is 2.45. The molecule has 0 radical (unpaired) electrons. The zero-order chi connectivity index (χ0) is 15.5. The van der Waals surface area contributed by atoms with E-state index in [1.807, 2.05) is 6.07 Å². The molecule has 5 nitrogen and oxygen atoms in total. The van der Waals surface area contributed by atoms with E-state index in [0.717, 1.165) is 0 Å². The van der Waals surface area contributed by atoms with Crippen LogP contribution in [-0.2, 0) is 14.6 Å². The molecule has 2 rings (SSSR count). The Balaban J connectivity index is 1.85. The van der Waals surface area contributed by atoms with Gasteiger partial charge >= 0.3 is 0 Å². The van der Waals surface area contributed by atoms with Gasteiger partial charge in [0.25, 0.3) is 0 Å². The van der Waals surface area contributed by atoms with E-state index >= 15 is 0 Å².